The van der Waals surface area contributed by atoms with Gasteiger partial charge in [0.15, 0.2) is 0 Å². The minimum absolute atomic E-state index is 0.124. The zero-order chi connectivity index (χ0) is 11.3. The van der Waals surface area contributed by atoms with Gasteiger partial charge in [-0.05, 0) is 20.8 Å². The highest BCUT2D eigenvalue weighted by atomic mass is 32.2. The van der Waals surface area contributed by atoms with Crippen LogP contribution in [0.1, 0.15) is 27.2 Å². The number of nitrogens with zero attached hydrogens (tertiary/aromatic N) is 1. The number of carbonyl (C=O) groups is 1. The molecule has 1 rings (SSSR count). The fourth-order valence-electron chi connectivity index (χ4n) is 1.11. The summed E-state index contributed by atoms with van der Waals surface area (Å²) in [4.78, 5) is 15.8. The van der Waals surface area contributed by atoms with Crippen molar-refractivity contribution in [3.63, 3.8) is 0 Å². The highest BCUT2D eigenvalue weighted by Gasteiger charge is 2.14. The second-order valence-electron chi connectivity index (χ2n) is 4.39. The molecule has 0 aliphatic carbocycles. The summed E-state index contributed by atoms with van der Waals surface area (Å²) in [6.45, 7) is 6.92. The number of carbonyl (C=O) groups excluding carboxylic acids is 1. The van der Waals surface area contributed by atoms with Crippen LogP contribution in [0.2, 0.25) is 0 Å². The van der Waals surface area contributed by atoms with Crippen molar-refractivity contribution in [2.45, 2.75) is 32.7 Å². The monoisotopic (exact) mass is 246 g/mol. The van der Waals surface area contributed by atoms with Crippen molar-refractivity contribution in [1.82, 2.24) is 5.32 Å². The predicted octanol–water partition coefficient (Wildman–Crippen LogP) is 2.13. The van der Waals surface area contributed by atoms with Gasteiger partial charge in [-0.3, -0.25) is 9.79 Å². The van der Waals surface area contributed by atoms with E-state index < -0.39 is 0 Å². The van der Waals surface area contributed by atoms with E-state index in [4.69, 9.17) is 0 Å². The minimum atomic E-state index is -0.124. The number of nitrogens with one attached hydrogen (secondary N) is 1. The van der Waals surface area contributed by atoms with Crippen LogP contribution < -0.4 is 5.32 Å². The summed E-state index contributed by atoms with van der Waals surface area (Å²) in [6.07, 6.45) is 0.571. The van der Waals surface area contributed by atoms with Gasteiger partial charge >= 0.3 is 0 Å². The van der Waals surface area contributed by atoms with Gasteiger partial charge < -0.3 is 5.32 Å². The van der Waals surface area contributed by atoms with Crippen LogP contribution in [0, 0.1) is 0 Å². The molecule has 86 valence electrons. The van der Waals surface area contributed by atoms with Crippen LogP contribution in [-0.4, -0.2) is 33.9 Å². The summed E-state index contributed by atoms with van der Waals surface area (Å²) in [6, 6.07) is 0. The van der Waals surface area contributed by atoms with Crippen molar-refractivity contribution in [1.29, 1.82) is 0 Å². The first-order valence-electron chi connectivity index (χ1n) is 5.08. The van der Waals surface area contributed by atoms with Gasteiger partial charge in [0.25, 0.3) is 0 Å². The van der Waals surface area contributed by atoms with Crippen LogP contribution in [0.4, 0.5) is 0 Å². The van der Waals surface area contributed by atoms with Crippen molar-refractivity contribution >= 4 is 33.8 Å². The van der Waals surface area contributed by atoms with Gasteiger partial charge in [0, 0.05) is 23.5 Å². The summed E-state index contributed by atoms with van der Waals surface area (Å²) in [5.41, 5.74) is -0.124. The molecule has 0 spiro atoms. The van der Waals surface area contributed by atoms with Crippen molar-refractivity contribution in [2.24, 2.45) is 4.99 Å². The van der Waals surface area contributed by atoms with Crippen LogP contribution >= 0.6 is 23.5 Å². The number of hydrogen-bond donors (Lipinski definition) is 1. The Hall–Kier alpha value is -0.160. The second-order valence-corrected chi connectivity index (χ2v) is 6.82. The molecule has 0 aromatic rings. The highest BCUT2D eigenvalue weighted by molar-refractivity contribution is 8.39. The average molecular weight is 246 g/mol. The maximum Gasteiger partial charge on any atom is 0.221 e. The third-order valence-corrected chi connectivity index (χ3v) is 3.88. The Morgan fingerprint density at radius 1 is 1.60 bits per heavy atom. The fraction of sp³-hybridized carbons (Fsp3) is 0.800. The van der Waals surface area contributed by atoms with E-state index in [9.17, 15) is 4.79 Å². The predicted molar refractivity (Wildman–Crippen MR) is 69.7 cm³/mol. The van der Waals surface area contributed by atoms with Gasteiger partial charge in [0.2, 0.25) is 5.91 Å². The standard InChI is InChI=1S/C10H18N2OS2/c1-10(2,3)12-8(13)4-6-14-9-11-5-7-15-9/h4-7H2,1-3H3,(H,12,13). The molecule has 1 aliphatic rings. The van der Waals surface area contributed by atoms with Gasteiger partial charge in [0.1, 0.15) is 4.38 Å². The molecular weight excluding hydrogens is 228 g/mol. The number of hydrogen-bond acceptors (Lipinski definition) is 4. The van der Waals surface area contributed by atoms with Crippen LogP contribution in [0.25, 0.3) is 0 Å². The molecule has 3 nitrogen and oxygen atoms in total. The molecule has 15 heavy (non-hydrogen) atoms. The topological polar surface area (TPSA) is 41.5 Å². The lowest BCUT2D eigenvalue weighted by Gasteiger charge is -2.20. The summed E-state index contributed by atoms with van der Waals surface area (Å²) in [7, 11) is 0. The molecule has 1 heterocycles. The molecule has 0 saturated heterocycles. The maximum absolute atomic E-state index is 11.5. The zero-order valence-electron chi connectivity index (χ0n) is 9.50. The van der Waals surface area contributed by atoms with E-state index in [1.54, 1.807) is 23.5 Å². The first-order chi connectivity index (χ1) is 6.97. The smallest absolute Gasteiger partial charge is 0.221 e. The van der Waals surface area contributed by atoms with Crippen LogP contribution in [0.15, 0.2) is 4.99 Å². The van der Waals surface area contributed by atoms with Gasteiger partial charge in [-0.1, -0.05) is 23.5 Å². The summed E-state index contributed by atoms with van der Waals surface area (Å²) in [5, 5.41) is 2.95. The molecule has 5 heteroatoms. The van der Waals surface area contributed by atoms with Gasteiger partial charge in [-0.2, -0.15) is 0 Å². The van der Waals surface area contributed by atoms with E-state index in [-0.39, 0.29) is 11.4 Å². The maximum atomic E-state index is 11.5. The number of amides is 1. The number of thioether (sulfide) groups is 2. The van der Waals surface area contributed by atoms with Crippen LogP contribution in [-0.2, 0) is 4.79 Å². The molecule has 0 aromatic heterocycles. The van der Waals surface area contributed by atoms with Gasteiger partial charge in [-0.15, -0.1) is 0 Å². The Bertz CT molecular complexity index is 259. The molecule has 0 radical (unpaired) electrons. The molecule has 1 N–H and O–H groups in total. The summed E-state index contributed by atoms with van der Waals surface area (Å²) >= 11 is 3.48. The Balaban J connectivity index is 2.12. The molecule has 0 unspecified atom stereocenters. The number of rotatable bonds is 3. The molecular formula is C10H18N2OS2. The molecule has 1 aliphatic heterocycles. The van der Waals surface area contributed by atoms with Crippen molar-refractivity contribution in [3.8, 4) is 0 Å². The van der Waals surface area contributed by atoms with E-state index in [2.05, 4.69) is 10.3 Å². The van der Waals surface area contributed by atoms with E-state index >= 15 is 0 Å². The molecule has 0 saturated carbocycles. The van der Waals surface area contributed by atoms with Crippen LogP contribution in [0.3, 0.4) is 0 Å². The Morgan fingerprint density at radius 2 is 2.33 bits per heavy atom. The molecule has 0 aromatic carbocycles. The molecule has 0 atom stereocenters. The largest absolute Gasteiger partial charge is 0.351 e. The molecule has 0 fully saturated rings. The lowest BCUT2D eigenvalue weighted by Crippen LogP contribution is -2.40. The average Bonchev–Trinajstić information content (AvgIpc) is 2.53. The minimum Gasteiger partial charge on any atom is -0.351 e. The number of aliphatic imine (C=N–C) groups is 1. The van der Waals surface area contributed by atoms with Crippen LogP contribution in [0.5, 0.6) is 0 Å². The zero-order valence-corrected chi connectivity index (χ0v) is 11.1. The van der Waals surface area contributed by atoms with E-state index in [1.807, 2.05) is 20.8 Å². The first-order valence-corrected chi connectivity index (χ1v) is 7.05. The Kier molecular flexibility index (Phi) is 4.99. The summed E-state index contributed by atoms with van der Waals surface area (Å²) in [5.74, 6) is 2.04. The van der Waals surface area contributed by atoms with Gasteiger partial charge in [0.05, 0.1) is 6.54 Å². The SMILES string of the molecule is CC(C)(C)NC(=O)CCSC1=NCCS1. The van der Waals surface area contributed by atoms with E-state index in [1.165, 1.54) is 0 Å². The van der Waals surface area contributed by atoms with Crippen molar-refractivity contribution in [2.75, 3.05) is 18.1 Å². The van der Waals surface area contributed by atoms with E-state index in [0.29, 0.717) is 6.42 Å². The third kappa shape index (κ3) is 6.10. The third-order valence-electron chi connectivity index (χ3n) is 1.63. The quantitative estimate of drug-likeness (QED) is 0.829. The van der Waals surface area contributed by atoms with Crippen molar-refractivity contribution in [3.05, 3.63) is 0 Å². The highest BCUT2D eigenvalue weighted by Crippen LogP contribution is 2.22. The first kappa shape index (κ1) is 12.9. The molecule has 1 amide bonds. The Labute approximate surface area is 99.9 Å². The van der Waals surface area contributed by atoms with Crippen molar-refractivity contribution < 1.29 is 4.79 Å². The summed E-state index contributed by atoms with van der Waals surface area (Å²) < 4.78 is 1.14. The Morgan fingerprint density at radius 3 is 2.87 bits per heavy atom. The van der Waals surface area contributed by atoms with E-state index in [0.717, 1.165) is 22.4 Å². The second kappa shape index (κ2) is 5.80. The fourth-order valence-corrected chi connectivity index (χ4v) is 3.13. The normalized spacial score (nSPS) is 16.3. The van der Waals surface area contributed by atoms with Gasteiger partial charge in [-0.25, -0.2) is 0 Å². The lowest BCUT2D eigenvalue weighted by molar-refractivity contribution is -0.122. The lowest BCUT2D eigenvalue weighted by atomic mass is 10.1. The molecule has 0 bridgehead atoms.